The van der Waals surface area contributed by atoms with Gasteiger partial charge in [-0.15, -0.1) is 0 Å². The third-order valence-electron chi connectivity index (χ3n) is 8.46. The van der Waals surface area contributed by atoms with E-state index < -0.39 is 0 Å². The molecule has 0 spiro atoms. The Kier molecular flexibility index (Phi) is 10.5. The standard InChI is InChI=1S/C13H17ClIN3.C13H18ClN3O.CH4/c14-11-7-16-13(17-8-11)18-3-1-9(2-4-18)12-5-10(12)6-15;14-11-6-15-13(16-7-11)17-3-1-9(2-4-17)12-5-10(12)8-18;/h7-10,12H,1-6H2;6-7,9-10,12,18H,1-5,8H2;1H4/t2*10-,12+;/m00./s1. The van der Waals surface area contributed by atoms with Gasteiger partial charge in [0.15, 0.2) is 0 Å². The second-order valence-corrected chi connectivity index (χ2v) is 12.5. The summed E-state index contributed by atoms with van der Waals surface area (Å²) in [4.78, 5) is 21.6. The Balaban J connectivity index is 0.000000168. The van der Waals surface area contributed by atoms with Gasteiger partial charge in [-0.05, 0) is 74.0 Å². The molecule has 4 aliphatic rings. The molecule has 0 aromatic carbocycles. The number of aliphatic hydroxyl groups is 1. The molecule has 0 unspecified atom stereocenters. The molecule has 0 radical (unpaired) electrons. The van der Waals surface area contributed by atoms with Crippen molar-refractivity contribution in [1.29, 1.82) is 0 Å². The van der Waals surface area contributed by atoms with E-state index >= 15 is 0 Å². The van der Waals surface area contributed by atoms with Gasteiger partial charge in [0.2, 0.25) is 11.9 Å². The number of halogens is 3. The minimum Gasteiger partial charge on any atom is -0.396 e. The van der Waals surface area contributed by atoms with Crippen molar-refractivity contribution >= 4 is 57.7 Å². The van der Waals surface area contributed by atoms with E-state index in [1.807, 2.05) is 0 Å². The Morgan fingerprint density at radius 2 is 1.11 bits per heavy atom. The lowest BCUT2D eigenvalue weighted by molar-refractivity contribution is 0.248. The summed E-state index contributed by atoms with van der Waals surface area (Å²) in [6.07, 6.45) is 14.3. The maximum absolute atomic E-state index is 9.12. The molecule has 2 saturated heterocycles. The minimum atomic E-state index is 0. The molecule has 1 N–H and O–H groups in total. The minimum absolute atomic E-state index is 0. The molecule has 2 aliphatic carbocycles. The number of aliphatic hydroxyl groups excluding tert-OH is 1. The molecule has 2 aromatic heterocycles. The Morgan fingerprint density at radius 1 is 0.730 bits per heavy atom. The summed E-state index contributed by atoms with van der Waals surface area (Å²) in [7, 11) is 0. The first-order valence-electron chi connectivity index (χ1n) is 13.2. The summed E-state index contributed by atoms with van der Waals surface area (Å²) < 4.78 is 1.34. The van der Waals surface area contributed by atoms with Crippen LogP contribution in [-0.4, -0.2) is 62.3 Å². The highest BCUT2D eigenvalue weighted by Gasteiger charge is 2.43. The average molecular weight is 661 g/mol. The van der Waals surface area contributed by atoms with Gasteiger partial charge in [0.05, 0.1) is 34.8 Å². The Hall–Kier alpha value is -0.970. The van der Waals surface area contributed by atoms with Crippen LogP contribution < -0.4 is 9.80 Å². The molecule has 6 rings (SSSR count). The Morgan fingerprint density at radius 3 is 1.43 bits per heavy atom. The first-order valence-corrected chi connectivity index (χ1v) is 15.5. The van der Waals surface area contributed by atoms with Crippen LogP contribution in [0.1, 0.15) is 46.0 Å². The maximum atomic E-state index is 9.12. The highest BCUT2D eigenvalue weighted by atomic mass is 127. The van der Waals surface area contributed by atoms with E-state index in [0.29, 0.717) is 22.6 Å². The van der Waals surface area contributed by atoms with Gasteiger partial charge in [-0.3, -0.25) is 0 Å². The van der Waals surface area contributed by atoms with E-state index in [2.05, 4.69) is 52.3 Å². The van der Waals surface area contributed by atoms with E-state index in [1.54, 1.807) is 24.8 Å². The van der Waals surface area contributed by atoms with Crippen molar-refractivity contribution in [3.05, 3.63) is 34.8 Å². The predicted octanol–water partition coefficient (Wildman–Crippen LogP) is 6.03. The van der Waals surface area contributed by atoms with Gasteiger partial charge in [0.1, 0.15) is 0 Å². The van der Waals surface area contributed by atoms with Crippen LogP contribution in [0.25, 0.3) is 0 Å². The first kappa shape index (κ1) is 29.0. The number of hydrogen-bond acceptors (Lipinski definition) is 7. The number of alkyl halides is 1. The van der Waals surface area contributed by atoms with Crippen molar-refractivity contribution in [2.75, 3.05) is 47.0 Å². The summed E-state index contributed by atoms with van der Waals surface area (Å²) in [5, 5.41) is 10.3. The van der Waals surface area contributed by atoms with Gasteiger partial charge in [0.25, 0.3) is 0 Å². The van der Waals surface area contributed by atoms with E-state index in [-0.39, 0.29) is 7.43 Å². The van der Waals surface area contributed by atoms with Crippen molar-refractivity contribution in [2.24, 2.45) is 35.5 Å². The number of piperidine rings is 2. The predicted molar refractivity (Wildman–Crippen MR) is 160 cm³/mol. The van der Waals surface area contributed by atoms with Gasteiger partial charge in [-0.2, -0.15) is 0 Å². The maximum Gasteiger partial charge on any atom is 0.225 e. The zero-order chi connectivity index (χ0) is 25.1. The molecule has 4 heterocycles. The van der Waals surface area contributed by atoms with Crippen LogP contribution in [0.3, 0.4) is 0 Å². The molecular weight excluding hydrogens is 622 g/mol. The van der Waals surface area contributed by atoms with Gasteiger partial charge in [-0.1, -0.05) is 53.2 Å². The van der Waals surface area contributed by atoms with Crippen molar-refractivity contribution in [3.63, 3.8) is 0 Å². The summed E-state index contributed by atoms with van der Waals surface area (Å²) in [6, 6.07) is 0. The Bertz CT molecular complexity index is 888. The lowest BCUT2D eigenvalue weighted by atomic mass is 9.91. The molecule has 10 heteroatoms. The van der Waals surface area contributed by atoms with E-state index in [4.69, 9.17) is 28.3 Å². The van der Waals surface area contributed by atoms with Crippen LogP contribution in [0.2, 0.25) is 10.0 Å². The SMILES string of the molecule is C.Clc1cnc(N2CCC([C@H]3C[C@H]3CI)CC2)nc1.OC[C@@H]1C[C@@H]1C1CCN(c2ncc(Cl)cn2)CC1. The Labute approximate surface area is 244 Å². The summed E-state index contributed by atoms with van der Waals surface area (Å²) in [5.41, 5.74) is 0. The number of nitrogens with zero attached hydrogens (tertiary/aromatic N) is 6. The molecule has 0 bridgehead atoms. The van der Waals surface area contributed by atoms with Crippen molar-refractivity contribution in [1.82, 2.24) is 19.9 Å². The largest absolute Gasteiger partial charge is 0.396 e. The lowest BCUT2D eigenvalue weighted by Gasteiger charge is -2.32. The molecule has 4 atom stereocenters. The van der Waals surface area contributed by atoms with Gasteiger partial charge >= 0.3 is 0 Å². The fourth-order valence-electron chi connectivity index (χ4n) is 6.08. The molecule has 4 fully saturated rings. The van der Waals surface area contributed by atoms with Gasteiger partial charge < -0.3 is 14.9 Å². The second-order valence-electron chi connectivity index (χ2n) is 10.7. The quantitative estimate of drug-likeness (QED) is 0.300. The summed E-state index contributed by atoms with van der Waals surface area (Å²) in [5.74, 6) is 6.70. The fourth-order valence-corrected chi connectivity index (χ4v) is 7.28. The van der Waals surface area contributed by atoms with E-state index in [9.17, 15) is 0 Å². The molecule has 2 saturated carbocycles. The number of hydrogen-bond donors (Lipinski definition) is 1. The smallest absolute Gasteiger partial charge is 0.225 e. The zero-order valence-electron chi connectivity index (χ0n) is 20.5. The second kappa shape index (κ2) is 13.4. The fraction of sp³-hybridized carbons (Fsp3) is 0.704. The molecule has 2 aromatic rings. The van der Waals surface area contributed by atoms with E-state index in [1.165, 1.54) is 43.0 Å². The van der Waals surface area contributed by atoms with Crippen LogP contribution in [-0.2, 0) is 0 Å². The van der Waals surface area contributed by atoms with Crippen LogP contribution in [0.5, 0.6) is 0 Å². The average Bonchev–Trinajstić information content (AvgIpc) is 3.85. The number of rotatable bonds is 6. The molecule has 2 aliphatic heterocycles. The van der Waals surface area contributed by atoms with E-state index in [0.717, 1.165) is 67.7 Å². The zero-order valence-corrected chi connectivity index (χ0v) is 24.2. The number of aromatic nitrogens is 4. The van der Waals surface area contributed by atoms with Gasteiger partial charge in [-0.25, -0.2) is 19.9 Å². The molecule has 0 amide bonds. The van der Waals surface area contributed by atoms with Crippen molar-refractivity contribution in [3.8, 4) is 0 Å². The molecule has 7 nitrogen and oxygen atoms in total. The highest BCUT2D eigenvalue weighted by Crippen LogP contribution is 2.49. The summed E-state index contributed by atoms with van der Waals surface area (Å²) in [6.45, 7) is 4.58. The van der Waals surface area contributed by atoms with Crippen LogP contribution >= 0.6 is 45.8 Å². The van der Waals surface area contributed by atoms with Gasteiger partial charge in [0, 0.05) is 37.2 Å². The van der Waals surface area contributed by atoms with Crippen molar-refractivity contribution in [2.45, 2.75) is 46.0 Å². The van der Waals surface area contributed by atoms with Crippen LogP contribution in [0, 0.1) is 35.5 Å². The highest BCUT2D eigenvalue weighted by molar-refractivity contribution is 14.1. The third kappa shape index (κ3) is 7.57. The molecule has 37 heavy (non-hydrogen) atoms. The summed E-state index contributed by atoms with van der Waals surface area (Å²) >= 11 is 14.1. The molecule has 204 valence electrons. The lowest BCUT2D eigenvalue weighted by Crippen LogP contribution is -2.35. The number of anilines is 2. The third-order valence-corrected chi connectivity index (χ3v) is 9.98. The monoisotopic (exact) mass is 660 g/mol. The first-order chi connectivity index (χ1) is 17.6. The van der Waals surface area contributed by atoms with Crippen molar-refractivity contribution < 1.29 is 5.11 Å². The normalized spacial score (nSPS) is 27.7. The van der Waals surface area contributed by atoms with Crippen LogP contribution in [0.15, 0.2) is 24.8 Å². The topological polar surface area (TPSA) is 78.3 Å². The molecular formula is C27H39Cl2IN6O. The van der Waals surface area contributed by atoms with Crippen LogP contribution in [0.4, 0.5) is 11.9 Å².